The monoisotopic (exact) mass is 227 g/mol. The van der Waals surface area contributed by atoms with Crippen LogP contribution in [0.2, 0.25) is 0 Å². The molecule has 0 aliphatic carbocycles. The number of carbonyl (C=O) groups is 2. The molecule has 0 saturated carbocycles. The molecule has 1 aromatic rings. The maximum Gasteiger partial charge on any atom is 0.259 e. The van der Waals surface area contributed by atoms with Gasteiger partial charge in [-0.2, -0.15) is 0 Å². The van der Waals surface area contributed by atoms with E-state index in [0.717, 1.165) is 0 Å². The summed E-state index contributed by atoms with van der Waals surface area (Å²) in [5.41, 5.74) is 5.52. The van der Waals surface area contributed by atoms with E-state index >= 15 is 0 Å². The SMILES string of the molecule is CC1(N)C(=O)NC(=O)c2cnccc21.Cl. The maximum absolute atomic E-state index is 11.4. The van der Waals surface area contributed by atoms with Crippen molar-refractivity contribution in [1.82, 2.24) is 10.3 Å². The Morgan fingerprint density at radius 2 is 2.13 bits per heavy atom. The van der Waals surface area contributed by atoms with Crippen LogP contribution in [0.15, 0.2) is 18.5 Å². The number of rotatable bonds is 0. The highest BCUT2D eigenvalue weighted by molar-refractivity contribution is 6.12. The number of hydrogen-bond donors (Lipinski definition) is 2. The summed E-state index contributed by atoms with van der Waals surface area (Å²) in [6.07, 6.45) is 2.91. The molecule has 2 rings (SSSR count). The molecule has 1 unspecified atom stereocenters. The molecule has 0 radical (unpaired) electrons. The summed E-state index contributed by atoms with van der Waals surface area (Å²) in [6.45, 7) is 1.56. The van der Waals surface area contributed by atoms with Crippen molar-refractivity contribution in [3.8, 4) is 0 Å². The Balaban J connectivity index is 0.00000112. The Labute approximate surface area is 92.5 Å². The van der Waals surface area contributed by atoms with Crippen molar-refractivity contribution in [2.75, 3.05) is 0 Å². The van der Waals surface area contributed by atoms with Crippen LogP contribution in [0.3, 0.4) is 0 Å². The summed E-state index contributed by atoms with van der Waals surface area (Å²) in [6, 6.07) is 1.59. The van der Waals surface area contributed by atoms with Gasteiger partial charge in [0.2, 0.25) is 0 Å². The van der Waals surface area contributed by atoms with Gasteiger partial charge in [0.1, 0.15) is 5.54 Å². The summed E-state index contributed by atoms with van der Waals surface area (Å²) < 4.78 is 0. The second-order valence-corrected chi connectivity index (χ2v) is 3.41. The lowest BCUT2D eigenvalue weighted by molar-refractivity contribution is -0.125. The first-order chi connectivity index (χ1) is 6.53. The smallest absolute Gasteiger partial charge is 0.259 e. The Morgan fingerprint density at radius 3 is 2.80 bits per heavy atom. The zero-order chi connectivity index (χ0) is 10.3. The molecule has 1 aliphatic rings. The van der Waals surface area contributed by atoms with Crippen LogP contribution in [0.5, 0.6) is 0 Å². The molecule has 15 heavy (non-hydrogen) atoms. The van der Waals surface area contributed by atoms with Gasteiger partial charge < -0.3 is 5.73 Å². The topological polar surface area (TPSA) is 85.1 Å². The molecule has 0 aromatic carbocycles. The highest BCUT2D eigenvalue weighted by atomic mass is 35.5. The van der Waals surface area contributed by atoms with Crippen molar-refractivity contribution in [3.05, 3.63) is 29.6 Å². The molecule has 0 bridgehead atoms. The van der Waals surface area contributed by atoms with Gasteiger partial charge in [-0.05, 0) is 18.6 Å². The van der Waals surface area contributed by atoms with Crippen molar-refractivity contribution >= 4 is 24.2 Å². The van der Waals surface area contributed by atoms with Gasteiger partial charge in [-0.1, -0.05) is 0 Å². The predicted molar refractivity (Wildman–Crippen MR) is 55.5 cm³/mol. The second-order valence-electron chi connectivity index (χ2n) is 3.41. The van der Waals surface area contributed by atoms with Crippen LogP contribution in [0.25, 0.3) is 0 Å². The van der Waals surface area contributed by atoms with Crippen molar-refractivity contribution in [3.63, 3.8) is 0 Å². The normalized spacial score (nSPS) is 23.9. The van der Waals surface area contributed by atoms with E-state index in [1.54, 1.807) is 13.0 Å². The van der Waals surface area contributed by atoms with Gasteiger partial charge in [-0.25, -0.2) is 0 Å². The van der Waals surface area contributed by atoms with Crippen LogP contribution in [-0.4, -0.2) is 16.8 Å². The molecule has 1 aliphatic heterocycles. The first-order valence-corrected chi connectivity index (χ1v) is 4.12. The quantitative estimate of drug-likeness (QED) is 0.609. The summed E-state index contributed by atoms with van der Waals surface area (Å²) in [4.78, 5) is 26.6. The number of fused-ring (bicyclic) bond motifs is 1. The molecule has 3 N–H and O–H groups in total. The highest BCUT2D eigenvalue weighted by Gasteiger charge is 2.39. The van der Waals surface area contributed by atoms with Gasteiger partial charge in [0, 0.05) is 12.4 Å². The largest absolute Gasteiger partial charge is 0.314 e. The first kappa shape index (κ1) is 11.6. The third-order valence-electron chi connectivity index (χ3n) is 2.32. The first-order valence-electron chi connectivity index (χ1n) is 4.12. The van der Waals surface area contributed by atoms with Gasteiger partial charge >= 0.3 is 0 Å². The number of nitrogens with zero attached hydrogens (tertiary/aromatic N) is 1. The van der Waals surface area contributed by atoms with Crippen LogP contribution in [0.4, 0.5) is 0 Å². The standard InChI is InChI=1S/C9H9N3O2.ClH/c1-9(10)6-2-3-11-4-5(6)7(13)12-8(9)14;/h2-4H,10H2,1H3,(H,12,13,14);1H. The number of nitrogens with two attached hydrogens (primary N) is 1. The van der Waals surface area contributed by atoms with E-state index < -0.39 is 17.4 Å². The molecule has 2 amide bonds. The number of hydrogen-bond acceptors (Lipinski definition) is 4. The number of halogens is 1. The number of carbonyl (C=O) groups excluding carboxylic acids is 2. The Bertz CT molecular complexity index is 431. The molecule has 1 atom stereocenters. The second kappa shape index (κ2) is 3.60. The molecule has 0 fully saturated rings. The minimum atomic E-state index is -1.16. The number of pyridine rings is 1. The van der Waals surface area contributed by atoms with Crippen LogP contribution in [0.1, 0.15) is 22.8 Å². The van der Waals surface area contributed by atoms with E-state index in [1.165, 1.54) is 12.4 Å². The van der Waals surface area contributed by atoms with E-state index in [9.17, 15) is 9.59 Å². The Kier molecular flexibility index (Phi) is 2.79. The number of nitrogens with one attached hydrogen (secondary N) is 1. The van der Waals surface area contributed by atoms with E-state index in [0.29, 0.717) is 11.1 Å². The van der Waals surface area contributed by atoms with Crippen molar-refractivity contribution in [2.24, 2.45) is 5.73 Å². The third kappa shape index (κ3) is 1.60. The minimum absolute atomic E-state index is 0. The Morgan fingerprint density at radius 1 is 1.47 bits per heavy atom. The number of aromatic nitrogens is 1. The van der Waals surface area contributed by atoms with Gasteiger partial charge in [0.25, 0.3) is 11.8 Å². The molecule has 80 valence electrons. The summed E-state index contributed by atoms with van der Waals surface area (Å²) in [5.74, 6) is -0.928. The van der Waals surface area contributed by atoms with E-state index in [1.807, 2.05) is 0 Å². The lowest BCUT2D eigenvalue weighted by atomic mass is 9.86. The average Bonchev–Trinajstić information content (AvgIpc) is 2.16. The zero-order valence-electron chi connectivity index (χ0n) is 7.98. The molecule has 2 heterocycles. The highest BCUT2D eigenvalue weighted by Crippen LogP contribution is 2.24. The van der Waals surface area contributed by atoms with Crippen LogP contribution < -0.4 is 11.1 Å². The van der Waals surface area contributed by atoms with Crippen molar-refractivity contribution < 1.29 is 9.59 Å². The summed E-state index contributed by atoms with van der Waals surface area (Å²) in [7, 11) is 0. The van der Waals surface area contributed by atoms with E-state index in [2.05, 4.69) is 10.3 Å². The zero-order valence-corrected chi connectivity index (χ0v) is 8.80. The lowest BCUT2D eigenvalue weighted by Crippen LogP contribution is -2.55. The fourth-order valence-electron chi connectivity index (χ4n) is 1.45. The van der Waals surface area contributed by atoms with Crippen molar-refractivity contribution in [2.45, 2.75) is 12.5 Å². The average molecular weight is 228 g/mol. The molecule has 1 aromatic heterocycles. The van der Waals surface area contributed by atoms with E-state index in [4.69, 9.17) is 5.73 Å². The van der Waals surface area contributed by atoms with Gasteiger partial charge in [-0.15, -0.1) is 12.4 Å². The van der Waals surface area contributed by atoms with E-state index in [-0.39, 0.29) is 12.4 Å². The van der Waals surface area contributed by atoms with Crippen LogP contribution in [-0.2, 0) is 10.3 Å². The molecular weight excluding hydrogens is 218 g/mol. The van der Waals surface area contributed by atoms with Gasteiger partial charge in [-0.3, -0.25) is 19.9 Å². The van der Waals surface area contributed by atoms with Gasteiger partial charge in [0.05, 0.1) is 5.56 Å². The maximum atomic E-state index is 11.4. The fraction of sp³-hybridized carbons (Fsp3) is 0.222. The van der Waals surface area contributed by atoms with Crippen LogP contribution in [0, 0.1) is 0 Å². The fourth-order valence-corrected chi connectivity index (χ4v) is 1.45. The molecule has 0 spiro atoms. The predicted octanol–water partition coefficient (Wildman–Crippen LogP) is -0.0527. The molecular formula is C9H10ClN3O2. The molecule has 5 nitrogen and oxygen atoms in total. The Hall–Kier alpha value is -1.46. The number of imide groups is 1. The van der Waals surface area contributed by atoms with Gasteiger partial charge in [0.15, 0.2) is 0 Å². The summed E-state index contributed by atoms with van der Waals surface area (Å²) >= 11 is 0. The number of amides is 2. The molecule has 0 saturated heterocycles. The third-order valence-corrected chi connectivity index (χ3v) is 2.32. The molecule has 6 heteroatoms. The minimum Gasteiger partial charge on any atom is -0.314 e. The van der Waals surface area contributed by atoms with Crippen molar-refractivity contribution in [1.29, 1.82) is 0 Å². The van der Waals surface area contributed by atoms with Crippen LogP contribution >= 0.6 is 12.4 Å². The summed E-state index contributed by atoms with van der Waals surface area (Å²) in [5, 5.41) is 2.18. The lowest BCUT2D eigenvalue weighted by Gasteiger charge is -2.29.